The van der Waals surface area contributed by atoms with Crippen molar-refractivity contribution in [2.75, 3.05) is 26.7 Å². The number of hydrogen-bond donors (Lipinski definition) is 2. The van der Waals surface area contributed by atoms with Crippen LogP contribution in [0, 0.1) is 5.92 Å². The first-order valence-corrected chi connectivity index (χ1v) is 6.99. The summed E-state index contributed by atoms with van der Waals surface area (Å²) in [5.41, 5.74) is 2.17. The lowest BCUT2D eigenvalue weighted by Gasteiger charge is -2.31. The Balaban J connectivity index is 1.89. The Bertz CT molecular complexity index is 596. The Labute approximate surface area is 122 Å². The number of ether oxygens (including phenoxy) is 1. The average molecular weight is 290 g/mol. The minimum atomic E-state index is -0.531. The third kappa shape index (κ3) is 2.41. The van der Waals surface area contributed by atoms with Crippen LogP contribution in [0.1, 0.15) is 31.8 Å². The van der Waals surface area contributed by atoms with Gasteiger partial charge in [0.25, 0.3) is 5.91 Å². The number of aliphatic hydroxyl groups excluding tert-OH is 1. The molecule has 2 N–H and O–H groups in total. The molecule has 1 fully saturated rings. The van der Waals surface area contributed by atoms with E-state index in [9.17, 15) is 14.7 Å². The van der Waals surface area contributed by atoms with Gasteiger partial charge in [0, 0.05) is 37.7 Å². The Morgan fingerprint density at radius 3 is 2.81 bits per heavy atom. The highest BCUT2D eigenvalue weighted by Gasteiger charge is 2.32. The standard InChI is InChI=1S/C15H18N2O4/c1-21-15(20)13-3-12-10(2-11(13)8-18)7-17(14(12)19)6-9-4-16-5-9/h2-3,9,16,18H,4-8H2,1H3. The van der Waals surface area contributed by atoms with Crippen LogP contribution in [0.4, 0.5) is 0 Å². The van der Waals surface area contributed by atoms with Gasteiger partial charge in [-0.3, -0.25) is 4.79 Å². The Hall–Kier alpha value is -1.92. The molecule has 2 aliphatic heterocycles. The minimum Gasteiger partial charge on any atom is -0.465 e. The second-order valence-electron chi connectivity index (χ2n) is 5.53. The van der Waals surface area contributed by atoms with Gasteiger partial charge in [0.15, 0.2) is 0 Å². The number of amides is 1. The molecule has 0 radical (unpaired) electrons. The molecule has 2 aliphatic rings. The summed E-state index contributed by atoms with van der Waals surface area (Å²) < 4.78 is 4.71. The first kappa shape index (κ1) is 14.0. The van der Waals surface area contributed by atoms with Gasteiger partial charge in [-0.05, 0) is 17.2 Å². The first-order chi connectivity index (χ1) is 10.1. The Morgan fingerprint density at radius 1 is 1.48 bits per heavy atom. The van der Waals surface area contributed by atoms with Crippen molar-refractivity contribution >= 4 is 11.9 Å². The molecule has 0 aromatic heterocycles. The van der Waals surface area contributed by atoms with Gasteiger partial charge in [0.2, 0.25) is 0 Å². The molecule has 0 spiro atoms. The lowest BCUT2D eigenvalue weighted by molar-refractivity contribution is 0.0597. The molecule has 1 aromatic rings. The van der Waals surface area contributed by atoms with Crippen molar-refractivity contribution in [3.05, 3.63) is 34.4 Å². The fourth-order valence-corrected chi connectivity index (χ4v) is 2.84. The molecule has 2 heterocycles. The number of hydrogen-bond acceptors (Lipinski definition) is 5. The molecular weight excluding hydrogens is 272 g/mol. The highest BCUT2D eigenvalue weighted by Crippen LogP contribution is 2.28. The van der Waals surface area contributed by atoms with E-state index in [1.54, 1.807) is 17.0 Å². The number of carbonyl (C=O) groups excluding carboxylic acids is 2. The average Bonchev–Trinajstić information content (AvgIpc) is 2.76. The maximum absolute atomic E-state index is 12.4. The molecule has 6 heteroatoms. The van der Waals surface area contributed by atoms with Crippen molar-refractivity contribution < 1.29 is 19.4 Å². The predicted octanol–water partition coefficient (Wildman–Crippen LogP) is 0.141. The molecule has 112 valence electrons. The van der Waals surface area contributed by atoms with Gasteiger partial charge >= 0.3 is 5.97 Å². The van der Waals surface area contributed by atoms with Gasteiger partial charge in [0.1, 0.15) is 0 Å². The predicted molar refractivity (Wildman–Crippen MR) is 74.8 cm³/mol. The molecule has 0 aliphatic carbocycles. The molecule has 1 aromatic carbocycles. The highest BCUT2D eigenvalue weighted by molar-refractivity contribution is 6.01. The first-order valence-electron chi connectivity index (χ1n) is 6.99. The molecule has 0 unspecified atom stereocenters. The van der Waals surface area contributed by atoms with E-state index in [1.165, 1.54) is 7.11 Å². The largest absolute Gasteiger partial charge is 0.465 e. The van der Waals surface area contributed by atoms with Crippen molar-refractivity contribution in [3.8, 4) is 0 Å². The quantitative estimate of drug-likeness (QED) is 0.771. The zero-order valence-corrected chi connectivity index (χ0v) is 11.9. The van der Waals surface area contributed by atoms with Crippen LogP contribution < -0.4 is 5.32 Å². The smallest absolute Gasteiger partial charge is 0.338 e. The number of carbonyl (C=O) groups is 2. The fourth-order valence-electron chi connectivity index (χ4n) is 2.84. The van der Waals surface area contributed by atoms with Crippen molar-refractivity contribution in [1.82, 2.24) is 10.2 Å². The molecule has 21 heavy (non-hydrogen) atoms. The SMILES string of the molecule is COC(=O)c1cc2c(cc1CO)CN(CC1CNC1)C2=O. The number of nitrogens with zero attached hydrogens (tertiary/aromatic N) is 1. The molecule has 1 amide bonds. The fraction of sp³-hybridized carbons (Fsp3) is 0.467. The number of fused-ring (bicyclic) bond motifs is 1. The summed E-state index contributed by atoms with van der Waals surface area (Å²) in [6, 6.07) is 3.28. The van der Waals surface area contributed by atoms with E-state index in [2.05, 4.69) is 5.32 Å². The topological polar surface area (TPSA) is 78.9 Å². The second-order valence-corrected chi connectivity index (χ2v) is 5.53. The molecule has 3 rings (SSSR count). The monoisotopic (exact) mass is 290 g/mol. The van der Waals surface area contributed by atoms with Crippen LogP contribution in [0.3, 0.4) is 0 Å². The van der Waals surface area contributed by atoms with Crippen LogP contribution >= 0.6 is 0 Å². The van der Waals surface area contributed by atoms with E-state index >= 15 is 0 Å². The van der Waals surface area contributed by atoms with Gasteiger partial charge in [0.05, 0.1) is 19.3 Å². The van der Waals surface area contributed by atoms with Gasteiger partial charge in [-0.25, -0.2) is 4.79 Å². The number of methoxy groups -OCH3 is 1. The summed E-state index contributed by atoms with van der Waals surface area (Å²) >= 11 is 0. The normalized spacial score (nSPS) is 17.6. The zero-order valence-electron chi connectivity index (χ0n) is 11.9. The van der Waals surface area contributed by atoms with Crippen molar-refractivity contribution in [2.24, 2.45) is 5.92 Å². The van der Waals surface area contributed by atoms with Crippen molar-refractivity contribution in [3.63, 3.8) is 0 Å². The number of aliphatic hydroxyl groups is 1. The maximum Gasteiger partial charge on any atom is 0.338 e. The molecule has 1 saturated heterocycles. The number of nitrogens with one attached hydrogen (secondary N) is 1. The van der Waals surface area contributed by atoms with Crippen molar-refractivity contribution in [1.29, 1.82) is 0 Å². The molecule has 6 nitrogen and oxygen atoms in total. The second kappa shape index (κ2) is 5.46. The maximum atomic E-state index is 12.4. The summed E-state index contributed by atoms with van der Waals surface area (Å²) in [7, 11) is 1.29. The van der Waals surface area contributed by atoms with Crippen LogP contribution in [0.15, 0.2) is 12.1 Å². The lowest BCUT2D eigenvalue weighted by atomic mass is 10.00. The third-order valence-corrected chi connectivity index (χ3v) is 4.13. The van der Waals surface area contributed by atoms with Crippen LogP contribution in [0.2, 0.25) is 0 Å². The van der Waals surface area contributed by atoms with Gasteiger partial charge in [-0.2, -0.15) is 0 Å². The summed E-state index contributed by atoms with van der Waals surface area (Å²) in [5.74, 6) is -0.0801. The van der Waals surface area contributed by atoms with E-state index < -0.39 is 5.97 Å². The van der Waals surface area contributed by atoms with Gasteiger partial charge in [-0.1, -0.05) is 6.07 Å². The summed E-state index contributed by atoms with van der Waals surface area (Å²) in [4.78, 5) is 26.0. The highest BCUT2D eigenvalue weighted by atomic mass is 16.5. The van der Waals surface area contributed by atoms with Crippen LogP contribution in [-0.4, -0.2) is 48.6 Å². The van der Waals surface area contributed by atoms with Crippen LogP contribution in [-0.2, 0) is 17.9 Å². The summed E-state index contributed by atoms with van der Waals surface area (Å²) in [5, 5.41) is 12.6. The van der Waals surface area contributed by atoms with Crippen LogP contribution in [0.5, 0.6) is 0 Å². The minimum absolute atomic E-state index is 0.0495. The summed E-state index contributed by atoms with van der Waals surface area (Å²) in [6.07, 6.45) is 0. The number of benzene rings is 1. The molecule has 0 bridgehead atoms. The number of esters is 1. The van der Waals surface area contributed by atoms with Crippen molar-refractivity contribution in [2.45, 2.75) is 13.2 Å². The zero-order chi connectivity index (χ0) is 15.0. The van der Waals surface area contributed by atoms with E-state index in [0.717, 1.165) is 25.2 Å². The third-order valence-electron chi connectivity index (χ3n) is 4.13. The van der Waals surface area contributed by atoms with E-state index in [4.69, 9.17) is 4.74 Å². The van der Waals surface area contributed by atoms with E-state index in [1.807, 2.05) is 0 Å². The lowest BCUT2D eigenvalue weighted by Crippen LogP contribution is -2.48. The van der Waals surface area contributed by atoms with E-state index in [-0.39, 0.29) is 18.1 Å². The Morgan fingerprint density at radius 2 is 2.24 bits per heavy atom. The Kier molecular flexibility index (Phi) is 3.65. The van der Waals surface area contributed by atoms with E-state index in [0.29, 0.717) is 23.6 Å². The van der Waals surface area contributed by atoms with Gasteiger partial charge < -0.3 is 20.1 Å². The van der Waals surface area contributed by atoms with Gasteiger partial charge in [-0.15, -0.1) is 0 Å². The molecular formula is C15H18N2O4. The summed E-state index contributed by atoms with van der Waals surface area (Å²) in [6.45, 7) is 2.89. The molecule has 0 saturated carbocycles. The number of rotatable bonds is 4. The van der Waals surface area contributed by atoms with Crippen LogP contribution in [0.25, 0.3) is 0 Å². The molecule has 0 atom stereocenters.